The van der Waals surface area contributed by atoms with E-state index in [9.17, 15) is 4.79 Å². The maximum atomic E-state index is 11.5. The van der Waals surface area contributed by atoms with Crippen molar-refractivity contribution >= 4 is 11.6 Å². The van der Waals surface area contributed by atoms with Crippen molar-refractivity contribution in [3.63, 3.8) is 0 Å². The summed E-state index contributed by atoms with van der Waals surface area (Å²) >= 11 is 0. The second-order valence-electron chi connectivity index (χ2n) is 7.62. The van der Waals surface area contributed by atoms with Crippen molar-refractivity contribution in [3.05, 3.63) is 58.7 Å². The highest BCUT2D eigenvalue weighted by atomic mass is 16.5. The van der Waals surface area contributed by atoms with Gasteiger partial charge in [-0.3, -0.25) is 4.79 Å². The standard InChI is InChI=1S/C23H28N2O2/c1-27-22-7-3-5-19-17(4-2-6-20(19)22)11-13-24-12-10-16-8-9-21-18(14-16)15-23(26)25-21/h3,5,7-9,14,17,24H,2,4,6,10-13,15H2,1H3,(H,25,26). The van der Waals surface area contributed by atoms with Gasteiger partial charge in [-0.2, -0.15) is 0 Å². The average molecular weight is 364 g/mol. The second kappa shape index (κ2) is 8.13. The van der Waals surface area contributed by atoms with E-state index in [2.05, 4.69) is 41.0 Å². The summed E-state index contributed by atoms with van der Waals surface area (Å²) in [6, 6.07) is 12.8. The summed E-state index contributed by atoms with van der Waals surface area (Å²) in [7, 11) is 1.77. The molecule has 1 atom stereocenters. The smallest absolute Gasteiger partial charge is 0.228 e. The molecule has 142 valence electrons. The maximum Gasteiger partial charge on any atom is 0.228 e. The molecule has 4 rings (SSSR count). The van der Waals surface area contributed by atoms with E-state index < -0.39 is 0 Å². The van der Waals surface area contributed by atoms with Crippen molar-refractivity contribution in [1.82, 2.24) is 5.32 Å². The van der Waals surface area contributed by atoms with Gasteiger partial charge in [0.15, 0.2) is 0 Å². The Hall–Kier alpha value is -2.33. The number of anilines is 1. The molecule has 2 aromatic carbocycles. The lowest BCUT2D eigenvalue weighted by Gasteiger charge is -2.27. The van der Waals surface area contributed by atoms with Crippen LogP contribution < -0.4 is 15.4 Å². The molecule has 4 heteroatoms. The molecular formula is C23H28N2O2. The molecule has 2 aromatic rings. The minimum Gasteiger partial charge on any atom is -0.496 e. The van der Waals surface area contributed by atoms with E-state index in [1.54, 1.807) is 7.11 Å². The van der Waals surface area contributed by atoms with Crippen LogP contribution in [0.4, 0.5) is 5.69 Å². The Bertz CT molecular complexity index is 831. The van der Waals surface area contributed by atoms with Gasteiger partial charge in [0, 0.05) is 5.69 Å². The fourth-order valence-corrected chi connectivity index (χ4v) is 4.48. The van der Waals surface area contributed by atoms with Gasteiger partial charge in [0.2, 0.25) is 5.91 Å². The first-order valence-electron chi connectivity index (χ1n) is 10.0. The molecule has 0 spiro atoms. The van der Waals surface area contributed by atoms with E-state index in [1.165, 1.54) is 36.0 Å². The Kier molecular flexibility index (Phi) is 5.44. The number of rotatable bonds is 7. The zero-order chi connectivity index (χ0) is 18.6. The first kappa shape index (κ1) is 18.1. The van der Waals surface area contributed by atoms with Gasteiger partial charge in [-0.15, -0.1) is 0 Å². The van der Waals surface area contributed by atoms with Crippen molar-refractivity contribution in [3.8, 4) is 5.75 Å². The molecule has 0 aromatic heterocycles. The summed E-state index contributed by atoms with van der Waals surface area (Å²) in [6.07, 6.45) is 6.34. The summed E-state index contributed by atoms with van der Waals surface area (Å²) in [4.78, 5) is 11.5. The fourth-order valence-electron chi connectivity index (χ4n) is 4.48. The monoisotopic (exact) mass is 364 g/mol. The lowest BCUT2D eigenvalue weighted by molar-refractivity contribution is -0.115. The quantitative estimate of drug-likeness (QED) is 0.734. The van der Waals surface area contributed by atoms with E-state index in [0.29, 0.717) is 12.3 Å². The molecule has 0 saturated carbocycles. The van der Waals surface area contributed by atoms with Gasteiger partial charge in [0.25, 0.3) is 0 Å². The second-order valence-corrected chi connectivity index (χ2v) is 7.62. The zero-order valence-electron chi connectivity index (χ0n) is 16.0. The van der Waals surface area contributed by atoms with E-state index in [-0.39, 0.29) is 5.91 Å². The SMILES string of the molecule is COc1cccc2c1CCCC2CCNCCc1ccc2c(c1)CC(=O)N2. The molecule has 1 amide bonds. The van der Waals surface area contributed by atoms with E-state index in [1.807, 2.05) is 6.07 Å². The highest BCUT2D eigenvalue weighted by Gasteiger charge is 2.22. The van der Waals surface area contributed by atoms with Crippen LogP contribution in [0.5, 0.6) is 5.75 Å². The molecule has 1 aliphatic carbocycles. The van der Waals surface area contributed by atoms with Gasteiger partial charge < -0.3 is 15.4 Å². The van der Waals surface area contributed by atoms with Crippen LogP contribution in [0.2, 0.25) is 0 Å². The maximum absolute atomic E-state index is 11.5. The van der Waals surface area contributed by atoms with Gasteiger partial charge in [0.1, 0.15) is 5.75 Å². The van der Waals surface area contributed by atoms with Crippen LogP contribution in [-0.2, 0) is 24.1 Å². The Balaban J connectivity index is 1.26. The van der Waals surface area contributed by atoms with E-state index >= 15 is 0 Å². The molecule has 0 radical (unpaired) electrons. The number of benzene rings is 2. The summed E-state index contributed by atoms with van der Waals surface area (Å²) in [6.45, 7) is 2.00. The summed E-state index contributed by atoms with van der Waals surface area (Å²) in [5, 5.41) is 6.49. The number of carbonyl (C=O) groups is 1. The van der Waals surface area contributed by atoms with Crippen LogP contribution in [-0.4, -0.2) is 26.1 Å². The van der Waals surface area contributed by atoms with Gasteiger partial charge in [-0.25, -0.2) is 0 Å². The lowest BCUT2D eigenvalue weighted by atomic mass is 9.80. The van der Waals surface area contributed by atoms with Crippen molar-refractivity contribution in [2.45, 2.75) is 44.4 Å². The lowest BCUT2D eigenvalue weighted by Crippen LogP contribution is -2.22. The summed E-state index contributed by atoms with van der Waals surface area (Å²) in [5.41, 5.74) is 6.30. The molecule has 0 saturated heterocycles. The topological polar surface area (TPSA) is 50.4 Å². The van der Waals surface area contributed by atoms with Gasteiger partial charge in [0.05, 0.1) is 13.5 Å². The minimum absolute atomic E-state index is 0.102. The number of methoxy groups -OCH3 is 1. The van der Waals surface area contributed by atoms with Crippen molar-refractivity contribution in [1.29, 1.82) is 0 Å². The number of carbonyl (C=O) groups excluding carboxylic acids is 1. The first-order chi connectivity index (χ1) is 13.2. The molecule has 0 bridgehead atoms. The van der Waals surface area contributed by atoms with Crippen LogP contribution in [0.3, 0.4) is 0 Å². The highest BCUT2D eigenvalue weighted by molar-refractivity contribution is 5.99. The molecule has 2 aliphatic rings. The Morgan fingerprint density at radius 2 is 2.15 bits per heavy atom. The molecule has 1 heterocycles. The Morgan fingerprint density at radius 1 is 1.22 bits per heavy atom. The predicted octanol–water partition coefficient (Wildman–Crippen LogP) is 3.83. The third kappa shape index (κ3) is 4.01. The number of hydrogen-bond acceptors (Lipinski definition) is 3. The van der Waals surface area contributed by atoms with Crippen molar-refractivity contribution < 1.29 is 9.53 Å². The van der Waals surface area contributed by atoms with Crippen LogP contribution in [0.1, 0.15) is 47.4 Å². The van der Waals surface area contributed by atoms with Crippen molar-refractivity contribution in [2.24, 2.45) is 0 Å². The van der Waals surface area contributed by atoms with Gasteiger partial charge >= 0.3 is 0 Å². The van der Waals surface area contributed by atoms with Gasteiger partial charge in [-0.05, 0) is 85.5 Å². The molecule has 1 aliphatic heterocycles. The van der Waals surface area contributed by atoms with E-state index in [4.69, 9.17) is 4.74 Å². The number of amides is 1. The van der Waals surface area contributed by atoms with Crippen LogP contribution in [0.25, 0.3) is 0 Å². The number of fused-ring (bicyclic) bond motifs is 2. The Labute approximate surface area is 161 Å². The molecule has 4 nitrogen and oxygen atoms in total. The predicted molar refractivity (Wildman–Crippen MR) is 109 cm³/mol. The van der Waals surface area contributed by atoms with Crippen molar-refractivity contribution in [2.75, 3.05) is 25.5 Å². The van der Waals surface area contributed by atoms with Crippen LogP contribution in [0, 0.1) is 0 Å². The van der Waals surface area contributed by atoms with Crippen LogP contribution in [0.15, 0.2) is 36.4 Å². The highest BCUT2D eigenvalue weighted by Crippen LogP contribution is 2.38. The number of ether oxygens (including phenoxy) is 1. The Morgan fingerprint density at radius 3 is 3.04 bits per heavy atom. The summed E-state index contributed by atoms with van der Waals surface area (Å²) < 4.78 is 5.55. The molecule has 27 heavy (non-hydrogen) atoms. The molecular weight excluding hydrogens is 336 g/mol. The van der Waals surface area contributed by atoms with Crippen LogP contribution >= 0.6 is 0 Å². The molecule has 1 unspecified atom stereocenters. The first-order valence-corrected chi connectivity index (χ1v) is 10.0. The minimum atomic E-state index is 0.102. The summed E-state index contributed by atoms with van der Waals surface area (Å²) in [5.74, 6) is 1.79. The zero-order valence-corrected chi connectivity index (χ0v) is 16.0. The largest absolute Gasteiger partial charge is 0.496 e. The molecule has 0 fully saturated rings. The molecule has 2 N–H and O–H groups in total. The normalized spacial score (nSPS) is 18.0. The average Bonchev–Trinajstić information content (AvgIpc) is 3.06. The number of nitrogens with one attached hydrogen (secondary N) is 2. The fraction of sp³-hybridized carbons (Fsp3) is 0.435. The van der Waals surface area contributed by atoms with E-state index in [0.717, 1.165) is 42.9 Å². The third-order valence-corrected chi connectivity index (χ3v) is 5.86. The number of hydrogen-bond donors (Lipinski definition) is 2. The van der Waals surface area contributed by atoms with Gasteiger partial charge in [-0.1, -0.05) is 24.3 Å². The third-order valence-electron chi connectivity index (χ3n) is 5.86.